The summed E-state index contributed by atoms with van der Waals surface area (Å²) in [6, 6.07) is 0. The van der Waals surface area contributed by atoms with Gasteiger partial charge >= 0.3 is 0 Å². The Bertz CT molecular complexity index is 523. The maximum Gasteiger partial charge on any atom is 0.274 e. The second-order valence-corrected chi connectivity index (χ2v) is 5.59. The van der Waals surface area contributed by atoms with Crippen LogP contribution in [-0.4, -0.2) is 71.0 Å². The molecule has 0 N–H and O–H groups in total. The van der Waals surface area contributed by atoms with Crippen molar-refractivity contribution >= 4 is 11.8 Å². The van der Waals surface area contributed by atoms with Crippen molar-refractivity contribution in [3.05, 3.63) is 24.3 Å². The fraction of sp³-hybridized carbons (Fsp3) is 0.600. The van der Waals surface area contributed by atoms with E-state index < -0.39 is 0 Å². The van der Waals surface area contributed by atoms with Crippen molar-refractivity contribution < 1.29 is 14.3 Å². The minimum absolute atomic E-state index is 0.0176. The second kappa shape index (κ2) is 6.83. The van der Waals surface area contributed by atoms with Crippen molar-refractivity contribution in [1.82, 2.24) is 19.8 Å². The van der Waals surface area contributed by atoms with E-state index >= 15 is 0 Å². The molecule has 0 unspecified atom stereocenters. The van der Waals surface area contributed by atoms with Gasteiger partial charge in [-0.15, -0.1) is 0 Å². The Morgan fingerprint density at radius 2 is 1.77 bits per heavy atom. The average Bonchev–Trinajstić information content (AvgIpc) is 2.62. The lowest BCUT2D eigenvalue weighted by Crippen LogP contribution is -2.47. The zero-order valence-corrected chi connectivity index (χ0v) is 12.5. The van der Waals surface area contributed by atoms with Gasteiger partial charge in [-0.2, -0.15) is 0 Å². The van der Waals surface area contributed by atoms with Gasteiger partial charge in [-0.25, -0.2) is 4.98 Å². The number of ether oxygens (including phenoxy) is 1. The van der Waals surface area contributed by atoms with Crippen molar-refractivity contribution in [3.63, 3.8) is 0 Å². The number of hydrogen-bond acceptors (Lipinski definition) is 5. The molecule has 0 bridgehead atoms. The molecule has 0 spiro atoms. The lowest BCUT2D eigenvalue weighted by atomic mass is 9.95. The number of aromatic nitrogens is 2. The minimum atomic E-state index is -0.106. The van der Waals surface area contributed by atoms with Crippen LogP contribution < -0.4 is 0 Å². The van der Waals surface area contributed by atoms with Gasteiger partial charge in [0.1, 0.15) is 5.69 Å². The predicted octanol–water partition coefficient (Wildman–Crippen LogP) is 0.188. The molecule has 0 aromatic carbocycles. The third-order valence-electron chi connectivity index (χ3n) is 4.24. The monoisotopic (exact) mass is 304 g/mol. The molecule has 3 heterocycles. The molecule has 7 heteroatoms. The van der Waals surface area contributed by atoms with Gasteiger partial charge in [0.25, 0.3) is 5.91 Å². The van der Waals surface area contributed by atoms with E-state index in [0.29, 0.717) is 57.9 Å². The number of morpholine rings is 1. The summed E-state index contributed by atoms with van der Waals surface area (Å²) >= 11 is 0. The number of rotatable bonds is 2. The summed E-state index contributed by atoms with van der Waals surface area (Å²) in [6.45, 7) is 3.78. The molecular weight excluding hydrogens is 284 g/mol. The Balaban J connectivity index is 1.54. The predicted molar refractivity (Wildman–Crippen MR) is 78.1 cm³/mol. The molecule has 1 aromatic rings. The van der Waals surface area contributed by atoms with Crippen LogP contribution in [0.5, 0.6) is 0 Å². The molecule has 0 atom stereocenters. The van der Waals surface area contributed by atoms with Crippen molar-refractivity contribution in [2.45, 2.75) is 12.8 Å². The van der Waals surface area contributed by atoms with Crippen LogP contribution in [0.25, 0.3) is 0 Å². The van der Waals surface area contributed by atoms with Crippen molar-refractivity contribution in [2.75, 3.05) is 39.4 Å². The van der Waals surface area contributed by atoms with E-state index in [1.165, 1.54) is 12.4 Å². The molecule has 22 heavy (non-hydrogen) atoms. The molecule has 3 rings (SSSR count). The minimum Gasteiger partial charge on any atom is -0.378 e. The molecule has 0 aliphatic carbocycles. The molecule has 0 saturated carbocycles. The quantitative estimate of drug-likeness (QED) is 0.779. The lowest BCUT2D eigenvalue weighted by molar-refractivity contribution is -0.141. The van der Waals surface area contributed by atoms with Crippen LogP contribution in [0.1, 0.15) is 23.3 Å². The van der Waals surface area contributed by atoms with Crippen LogP contribution in [0.3, 0.4) is 0 Å². The van der Waals surface area contributed by atoms with E-state index in [-0.39, 0.29) is 17.7 Å². The molecule has 2 aliphatic heterocycles. The fourth-order valence-electron chi connectivity index (χ4n) is 2.94. The van der Waals surface area contributed by atoms with E-state index in [9.17, 15) is 9.59 Å². The molecule has 118 valence electrons. The zero-order valence-electron chi connectivity index (χ0n) is 12.5. The summed E-state index contributed by atoms with van der Waals surface area (Å²) in [7, 11) is 0. The summed E-state index contributed by atoms with van der Waals surface area (Å²) in [6.07, 6.45) is 5.96. The zero-order chi connectivity index (χ0) is 15.4. The van der Waals surface area contributed by atoms with Crippen LogP contribution in [0, 0.1) is 5.92 Å². The van der Waals surface area contributed by atoms with E-state index in [1.54, 1.807) is 11.1 Å². The lowest BCUT2D eigenvalue weighted by Gasteiger charge is -2.35. The first kappa shape index (κ1) is 14.9. The number of amides is 2. The Morgan fingerprint density at radius 3 is 2.41 bits per heavy atom. The summed E-state index contributed by atoms with van der Waals surface area (Å²) in [5.74, 6) is 0.115. The van der Waals surface area contributed by atoms with E-state index in [0.717, 1.165) is 0 Å². The highest BCUT2D eigenvalue weighted by Crippen LogP contribution is 2.21. The Hall–Kier alpha value is -2.02. The molecule has 1 aromatic heterocycles. The molecule has 2 fully saturated rings. The van der Waals surface area contributed by atoms with Crippen molar-refractivity contribution in [3.8, 4) is 0 Å². The van der Waals surface area contributed by atoms with E-state index in [1.807, 2.05) is 4.90 Å². The molecule has 0 radical (unpaired) electrons. The van der Waals surface area contributed by atoms with E-state index in [2.05, 4.69) is 9.97 Å². The summed E-state index contributed by atoms with van der Waals surface area (Å²) < 4.78 is 5.28. The van der Waals surface area contributed by atoms with Crippen LogP contribution in [0.2, 0.25) is 0 Å². The first-order chi connectivity index (χ1) is 10.8. The Kier molecular flexibility index (Phi) is 4.62. The SMILES string of the molecule is O=C(c1cnccn1)N1CCC(C(=O)N2CCOCC2)CC1. The fourth-order valence-corrected chi connectivity index (χ4v) is 2.94. The van der Waals surface area contributed by atoms with Crippen LogP contribution in [-0.2, 0) is 9.53 Å². The van der Waals surface area contributed by atoms with Gasteiger partial charge < -0.3 is 14.5 Å². The molecular formula is C15H20N4O3. The molecule has 2 amide bonds. The first-order valence-corrected chi connectivity index (χ1v) is 7.67. The third kappa shape index (κ3) is 3.24. The summed E-state index contributed by atoms with van der Waals surface area (Å²) in [5, 5.41) is 0. The largest absolute Gasteiger partial charge is 0.378 e. The maximum absolute atomic E-state index is 12.4. The Labute approximate surface area is 129 Å². The van der Waals surface area contributed by atoms with Crippen molar-refractivity contribution in [1.29, 1.82) is 0 Å². The van der Waals surface area contributed by atoms with E-state index in [4.69, 9.17) is 4.74 Å². The summed E-state index contributed by atoms with van der Waals surface area (Å²) in [5.41, 5.74) is 0.362. The highest BCUT2D eigenvalue weighted by Gasteiger charge is 2.31. The average molecular weight is 304 g/mol. The number of nitrogens with zero attached hydrogens (tertiary/aromatic N) is 4. The summed E-state index contributed by atoms with van der Waals surface area (Å²) in [4.78, 5) is 36.3. The highest BCUT2D eigenvalue weighted by molar-refractivity contribution is 5.92. The molecule has 7 nitrogen and oxygen atoms in total. The van der Waals surface area contributed by atoms with Crippen LogP contribution in [0.15, 0.2) is 18.6 Å². The van der Waals surface area contributed by atoms with Crippen molar-refractivity contribution in [2.24, 2.45) is 5.92 Å². The van der Waals surface area contributed by atoms with Gasteiger partial charge in [-0.3, -0.25) is 14.6 Å². The van der Waals surface area contributed by atoms with Gasteiger partial charge in [-0.1, -0.05) is 0 Å². The van der Waals surface area contributed by atoms with Gasteiger partial charge in [0, 0.05) is 44.5 Å². The molecule has 2 saturated heterocycles. The standard InChI is InChI=1S/C15H20N4O3/c20-14(19-7-9-22-10-8-19)12-1-5-18(6-2-12)15(21)13-11-16-3-4-17-13/h3-4,11-12H,1-2,5-10H2. The van der Waals surface area contributed by atoms with Gasteiger partial charge in [-0.05, 0) is 12.8 Å². The second-order valence-electron chi connectivity index (χ2n) is 5.59. The highest BCUT2D eigenvalue weighted by atomic mass is 16.5. The van der Waals surface area contributed by atoms with Gasteiger partial charge in [0.2, 0.25) is 5.91 Å². The topological polar surface area (TPSA) is 75.6 Å². The van der Waals surface area contributed by atoms with Gasteiger partial charge in [0.05, 0.1) is 19.4 Å². The molecule has 2 aliphatic rings. The van der Waals surface area contributed by atoms with Crippen LogP contribution in [0.4, 0.5) is 0 Å². The third-order valence-corrected chi connectivity index (χ3v) is 4.24. The number of hydrogen-bond donors (Lipinski definition) is 0. The Morgan fingerprint density at radius 1 is 1.05 bits per heavy atom. The number of piperidine rings is 1. The first-order valence-electron chi connectivity index (χ1n) is 7.67. The van der Waals surface area contributed by atoms with Gasteiger partial charge in [0.15, 0.2) is 0 Å². The normalized spacial score (nSPS) is 20.0. The number of carbonyl (C=O) groups is 2. The maximum atomic E-state index is 12.4. The number of likely N-dealkylation sites (tertiary alicyclic amines) is 1. The van der Waals surface area contributed by atoms with Crippen LogP contribution >= 0.6 is 0 Å². The smallest absolute Gasteiger partial charge is 0.274 e. The number of carbonyl (C=O) groups excluding carboxylic acids is 2.